The highest BCUT2D eigenvalue weighted by atomic mass is 16.5. The molecule has 1 atom stereocenters. The number of morpholine rings is 1. The van der Waals surface area contributed by atoms with Gasteiger partial charge in [-0.25, -0.2) is 0 Å². The maximum Gasteiger partial charge on any atom is 0.254 e. The minimum atomic E-state index is 0.0726. The highest BCUT2D eigenvalue weighted by Gasteiger charge is 2.27. The van der Waals surface area contributed by atoms with Gasteiger partial charge in [-0.1, -0.05) is 6.07 Å². The van der Waals surface area contributed by atoms with E-state index in [0.717, 1.165) is 44.8 Å². The van der Waals surface area contributed by atoms with Crippen LogP contribution in [0.5, 0.6) is 5.75 Å². The number of nitrogens with zero attached hydrogens (tertiary/aromatic N) is 2. The molecule has 0 spiro atoms. The molecule has 3 heterocycles. The van der Waals surface area contributed by atoms with Crippen LogP contribution in [0.4, 0.5) is 0 Å². The van der Waals surface area contributed by atoms with E-state index in [1.165, 1.54) is 12.8 Å². The molecule has 0 radical (unpaired) electrons. The molecule has 4 rings (SSSR count). The van der Waals surface area contributed by atoms with Crippen molar-refractivity contribution in [2.75, 3.05) is 52.5 Å². The summed E-state index contributed by atoms with van der Waals surface area (Å²) in [6.07, 6.45) is 4.94. The number of hydrogen-bond acceptors (Lipinski definition) is 5. The second kappa shape index (κ2) is 9.04. The van der Waals surface area contributed by atoms with Crippen molar-refractivity contribution >= 4 is 5.91 Å². The molecule has 0 saturated carbocycles. The lowest BCUT2D eigenvalue weighted by Gasteiger charge is -2.39. The van der Waals surface area contributed by atoms with Crippen LogP contribution in [-0.2, 0) is 4.74 Å². The molecule has 1 N–H and O–H groups in total. The smallest absolute Gasteiger partial charge is 0.254 e. The molecule has 3 aliphatic rings. The number of amides is 1. The zero-order chi connectivity index (χ0) is 18.5. The molecule has 3 saturated heterocycles. The van der Waals surface area contributed by atoms with Gasteiger partial charge in [0.15, 0.2) is 0 Å². The van der Waals surface area contributed by atoms with Gasteiger partial charge in [-0.05, 0) is 50.4 Å². The first-order chi connectivity index (χ1) is 13.3. The van der Waals surface area contributed by atoms with E-state index in [0.29, 0.717) is 37.9 Å². The summed E-state index contributed by atoms with van der Waals surface area (Å²) in [7, 11) is 0. The Balaban J connectivity index is 1.30. The number of carbonyl (C=O) groups is 1. The van der Waals surface area contributed by atoms with Crippen LogP contribution in [-0.4, -0.2) is 80.3 Å². The van der Waals surface area contributed by atoms with E-state index >= 15 is 0 Å². The van der Waals surface area contributed by atoms with Gasteiger partial charge < -0.3 is 19.7 Å². The average molecular weight is 373 g/mol. The number of ether oxygens (including phenoxy) is 2. The van der Waals surface area contributed by atoms with E-state index in [1.807, 2.05) is 29.2 Å². The van der Waals surface area contributed by atoms with Crippen LogP contribution in [0.1, 0.15) is 36.0 Å². The Morgan fingerprint density at radius 2 is 1.93 bits per heavy atom. The number of rotatable bonds is 4. The van der Waals surface area contributed by atoms with E-state index in [9.17, 15) is 4.79 Å². The number of piperidine rings is 2. The zero-order valence-electron chi connectivity index (χ0n) is 16.1. The zero-order valence-corrected chi connectivity index (χ0v) is 16.1. The summed E-state index contributed by atoms with van der Waals surface area (Å²) in [6, 6.07) is 8.35. The lowest BCUT2D eigenvalue weighted by molar-refractivity contribution is 0.0302. The largest absolute Gasteiger partial charge is 0.490 e. The first-order valence-corrected chi connectivity index (χ1v) is 10.4. The van der Waals surface area contributed by atoms with Gasteiger partial charge in [-0.3, -0.25) is 9.69 Å². The Morgan fingerprint density at radius 3 is 2.67 bits per heavy atom. The minimum Gasteiger partial charge on any atom is -0.490 e. The molecule has 3 aliphatic heterocycles. The summed E-state index contributed by atoms with van der Waals surface area (Å²) >= 11 is 0. The van der Waals surface area contributed by atoms with Crippen LogP contribution in [0, 0.1) is 0 Å². The summed E-state index contributed by atoms with van der Waals surface area (Å²) in [5.74, 6) is 0.885. The lowest BCUT2D eigenvalue weighted by Crippen LogP contribution is -2.50. The highest BCUT2D eigenvalue weighted by Crippen LogP contribution is 2.23. The van der Waals surface area contributed by atoms with Gasteiger partial charge in [0.2, 0.25) is 0 Å². The number of hydrogen-bond donors (Lipinski definition) is 1. The predicted octanol–water partition coefficient (Wildman–Crippen LogP) is 1.75. The fourth-order valence-electron chi connectivity index (χ4n) is 4.35. The van der Waals surface area contributed by atoms with Gasteiger partial charge in [0.25, 0.3) is 5.91 Å². The quantitative estimate of drug-likeness (QED) is 0.872. The number of carbonyl (C=O) groups excluding carboxylic acids is 1. The van der Waals surface area contributed by atoms with Crippen molar-refractivity contribution in [1.82, 2.24) is 15.1 Å². The summed E-state index contributed by atoms with van der Waals surface area (Å²) in [5.41, 5.74) is 0.708. The summed E-state index contributed by atoms with van der Waals surface area (Å²) in [5, 5.41) is 3.51. The van der Waals surface area contributed by atoms with Crippen molar-refractivity contribution in [2.24, 2.45) is 0 Å². The van der Waals surface area contributed by atoms with E-state index in [4.69, 9.17) is 9.47 Å². The summed E-state index contributed by atoms with van der Waals surface area (Å²) < 4.78 is 11.6. The fraction of sp³-hybridized carbons (Fsp3) is 0.667. The van der Waals surface area contributed by atoms with Crippen LogP contribution < -0.4 is 10.1 Å². The van der Waals surface area contributed by atoms with Crippen molar-refractivity contribution in [3.63, 3.8) is 0 Å². The van der Waals surface area contributed by atoms with Crippen molar-refractivity contribution in [1.29, 1.82) is 0 Å². The molecule has 27 heavy (non-hydrogen) atoms. The first kappa shape index (κ1) is 18.7. The maximum atomic E-state index is 12.7. The summed E-state index contributed by atoms with van der Waals surface area (Å²) in [6.45, 7) is 7.06. The summed E-state index contributed by atoms with van der Waals surface area (Å²) in [4.78, 5) is 17.1. The third kappa shape index (κ3) is 4.81. The highest BCUT2D eigenvalue weighted by molar-refractivity contribution is 5.94. The second-order valence-electron chi connectivity index (χ2n) is 7.79. The van der Waals surface area contributed by atoms with Crippen molar-refractivity contribution in [3.8, 4) is 5.75 Å². The molecule has 3 fully saturated rings. The predicted molar refractivity (Wildman–Crippen MR) is 104 cm³/mol. The van der Waals surface area contributed by atoms with E-state index in [2.05, 4.69) is 10.2 Å². The van der Waals surface area contributed by atoms with Gasteiger partial charge in [-0.15, -0.1) is 0 Å². The van der Waals surface area contributed by atoms with Gasteiger partial charge in [0.05, 0.1) is 13.2 Å². The van der Waals surface area contributed by atoms with E-state index in [-0.39, 0.29) is 12.0 Å². The van der Waals surface area contributed by atoms with Crippen LogP contribution >= 0.6 is 0 Å². The monoisotopic (exact) mass is 373 g/mol. The molecule has 6 heteroatoms. The Morgan fingerprint density at radius 1 is 1.11 bits per heavy atom. The van der Waals surface area contributed by atoms with Crippen LogP contribution in [0.25, 0.3) is 0 Å². The van der Waals surface area contributed by atoms with Gasteiger partial charge in [0.1, 0.15) is 11.9 Å². The van der Waals surface area contributed by atoms with Gasteiger partial charge in [0, 0.05) is 44.3 Å². The van der Waals surface area contributed by atoms with Crippen LogP contribution in [0.3, 0.4) is 0 Å². The topological polar surface area (TPSA) is 54.0 Å². The molecule has 6 nitrogen and oxygen atoms in total. The molecule has 1 aromatic carbocycles. The fourth-order valence-corrected chi connectivity index (χ4v) is 4.35. The van der Waals surface area contributed by atoms with Crippen LogP contribution in [0.2, 0.25) is 0 Å². The third-order valence-electron chi connectivity index (χ3n) is 5.95. The van der Waals surface area contributed by atoms with Gasteiger partial charge >= 0.3 is 0 Å². The van der Waals surface area contributed by atoms with Crippen molar-refractivity contribution in [2.45, 2.75) is 37.8 Å². The average Bonchev–Trinajstić information content (AvgIpc) is 2.75. The molecule has 1 amide bonds. The Kier molecular flexibility index (Phi) is 6.27. The van der Waals surface area contributed by atoms with Crippen LogP contribution in [0.15, 0.2) is 24.3 Å². The lowest BCUT2D eigenvalue weighted by atomic mass is 10.0. The standard InChI is InChI=1S/C21H31N3O3/c25-21(24-11-13-26-14-12-24)17-3-1-5-20(15-17)27-19-6-9-23(10-7-19)18-4-2-8-22-16-18/h1,3,5,15,18-19,22H,2,4,6-14,16H2. The van der Waals surface area contributed by atoms with Crippen molar-refractivity contribution in [3.05, 3.63) is 29.8 Å². The normalized spacial score (nSPS) is 25.3. The SMILES string of the molecule is O=C(c1cccc(OC2CCN(C3CCCNC3)CC2)c1)N1CCOCC1. The maximum absolute atomic E-state index is 12.7. The molecule has 1 aromatic rings. The molecule has 148 valence electrons. The minimum absolute atomic E-state index is 0.0726. The van der Waals surface area contributed by atoms with Gasteiger partial charge in [-0.2, -0.15) is 0 Å². The molecule has 1 unspecified atom stereocenters. The molecular formula is C21H31N3O3. The second-order valence-corrected chi connectivity index (χ2v) is 7.79. The van der Waals surface area contributed by atoms with E-state index < -0.39 is 0 Å². The van der Waals surface area contributed by atoms with E-state index in [1.54, 1.807) is 0 Å². The Bertz CT molecular complexity index is 619. The third-order valence-corrected chi connectivity index (χ3v) is 5.95. The number of likely N-dealkylation sites (tertiary alicyclic amines) is 1. The van der Waals surface area contributed by atoms with Crippen molar-refractivity contribution < 1.29 is 14.3 Å². The molecule has 0 bridgehead atoms. The number of benzene rings is 1. The molecule has 0 aromatic heterocycles. The molecular weight excluding hydrogens is 342 g/mol. The number of nitrogens with one attached hydrogen (secondary N) is 1. The molecule has 0 aliphatic carbocycles. The Hall–Kier alpha value is -1.63. The Labute approximate surface area is 161 Å². The first-order valence-electron chi connectivity index (χ1n) is 10.4.